The summed E-state index contributed by atoms with van der Waals surface area (Å²) in [5, 5.41) is 8.28. The number of rotatable bonds is 2. The molecular weight excluding hydrogens is 256 g/mol. The Kier molecular flexibility index (Phi) is 3.33. The topological polar surface area (TPSA) is 58.6 Å². The molecule has 1 aromatic rings. The molecule has 3 rings (SSSR count). The van der Waals surface area contributed by atoms with Crippen LogP contribution in [0.25, 0.3) is 0 Å². The highest BCUT2D eigenvalue weighted by Crippen LogP contribution is 2.23. The van der Waals surface area contributed by atoms with Gasteiger partial charge in [0.05, 0.1) is 12.1 Å². The molecule has 0 bridgehead atoms. The Morgan fingerprint density at radius 3 is 2.55 bits per heavy atom. The molecule has 2 fully saturated rings. The van der Waals surface area contributed by atoms with Crippen molar-refractivity contribution in [1.82, 2.24) is 15.1 Å². The molecule has 6 heteroatoms. The number of aromatic nitrogens is 2. The molecule has 0 spiro atoms. The van der Waals surface area contributed by atoms with E-state index in [2.05, 4.69) is 15.1 Å². The number of hydrogen-bond acceptors (Lipinski definition) is 5. The molecule has 0 aromatic carbocycles. The third-order valence-corrected chi connectivity index (χ3v) is 3.95. The van der Waals surface area contributed by atoms with Gasteiger partial charge < -0.3 is 14.5 Å². The Labute approximate surface area is 118 Å². The second-order valence-corrected chi connectivity index (χ2v) is 5.99. The van der Waals surface area contributed by atoms with Crippen LogP contribution in [0.3, 0.4) is 0 Å². The lowest BCUT2D eigenvalue weighted by atomic mass is 10.1. The SMILES string of the molecule is CC1(C)COCN1C(=O)c1ccc(N2CCCC2)nn1. The summed E-state index contributed by atoms with van der Waals surface area (Å²) >= 11 is 0. The molecular formula is C14H20N4O2. The van der Waals surface area contributed by atoms with E-state index in [1.165, 1.54) is 12.8 Å². The van der Waals surface area contributed by atoms with Crippen LogP contribution in [0.2, 0.25) is 0 Å². The van der Waals surface area contributed by atoms with Crippen molar-refractivity contribution in [1.29, 1.82) is 0 Å². The van der Waals surface area contributed by atoms with E-state index in [9.17, 15) is 4.79 Å². The molecule has 3 heterocycles. The second kappa shape index (κ2) is 5.01. The van der Waals surface area contributed by atoms with Gasteiger partial charge in [-0.1, -0.05) is 0 Å². The van der Waals surface area contributed by atoms with Gasteiger partial charge in [-0.25, -0.2) is 0 Å². The summed E-state index contributed by atoms with van der Waals surface area (Å²) < 4.78 is 5.37. The normalized spacial score (nSPS) is 21.5. The summed E-state index contributed by atoms with van der Waals surface area (Å²) in [6, 6.07) is 3.65. The molecule has 2 aliphatic heterocycles. The molecule has 20 heavy (non-hydrogen) atoms. The van der Waals surface area contributed by atoms with Gasteiger partial charge in [0.15, 0.2) is 11.5 Å². The van der Waals surface area contributed by atoms with Crippen molar-refractivity contribution in [2.45, 2.75) is 32.2 Å². The van der Waals surface area contributed by atoms with E-state index in [0.29, 0.717) is 19.0 Å². The first-order chi connectivity index (χ1) is 9.58. The predicted octanol–water partition coefficient (Wildman–Crippen LogP) is 1.29. The quantitative estimate of drug-likeness (QED) is 0.814. The highest BCUT2D eigenvalue weighted by Gasteiger charge is 2.37. The van der Waals surface area contributed by atoms with Gasteiger partial charge in [0, 0.05) is 13.1 Å². The summed E-state index contributed by atoms with van der Waals surface area (Å²) in [5.74, 6) is 0.740. The first kappa shape index (κ1) is 13.3. The molecule has 6 nitrogen and oxygen atoms in total. The van der Waals surface area contributed by atoms with E-state index < -0.39 is 0 Å². The lowest BCUT2D eigenvalue weighted by Crippen LogP contribution is -2.44. The van der Waals surface area contributed by atoms with Crippen molar-refractivity contribution in [2.24, 2.45) is 0 Å². The largest absolute Gasteiger partial charge is 0.359 e. The maximum absolute atomic E-state index is 12.4. The fourth-order valence-electron chi connectivity index (χ4n) is 2.67. The minimum absolute atomic E-state index is 0.118. The Morgan fingerprint density at radius 1 is 1.25 bits per heavy atom. The Balaban J connectivity index is 1.75. The van der Waals surface area contributed by atoms with Crippen LogP contribution in [-0.2, 0) is 4.74 Å². The van der Waals surface area contributed by atoms with Crippen LogP contribution in [0.4, 0.5) is 5.82 Å². The van der Waals surface area contributed by atoms with Gasteiger partial charge in [-0.05, 0) is 38.8 Å². The van der Waals surface area contributed by atoms with Crippen LogP contribution < -0.4 is 4.90 Å². The third-order valence-electron chi connectivity index (χ3n) is 3.95. The molecule has 0 saturated carbocycles. The third kappa shape index (κ3) is 2.35. The van der Waals surface area contributed by atoms with Gasteiger partial charge in [0.25, 0.3) is 5.91 Å². The summed E-state index contributed by atoms with van der Waals surface area (Å²) in [6.45, 7) is 6.90. The molecule has 0 aliphatic carbocycles. The lowest BCUT2D eigenvalue weighted by Gasteiger charge is -2.28. The molecule has 108 valence electrons. The van der Waals surface area contributed by atoms with Crippen molar-refractivity contribution < 1.29 is 9.53 Å². The lowest BCUT2D eigenvalue weighted by molar-refractivity contribution is 0.0598. The number of amides is 1. The second-order valence-electron chi connectivity index (χ2n) is 5.99. The number of hydrogen-bond donors (Lipinski definition) is 0. The Bertz CT molecular complexity index is 494. The fourth-order valence-corrected chi connectivity index (χ4v) is 2.67. The Morgan fingerprint density at radius 2 is 2.00 bits per heavy atom. The summed E-state index contributed by atoms with van der Waals surface area (Å²) in [6.07, 6.45) is 2.39. The highest BCUT2D eigenvalue weighted by atomic mass is 16.5. The van der Waals surface area contributed by atoms with Crippen LogP contribution in [0.15, 0.2) is 12.1 Å². The molecule has 0 radical (unpaired) electrons. The van der Waals surface area contributed by atoms with Crippen molar-refractivity contribution in [3.8, 4) is 0 Å². The van der Waals surface area contributed by atoms with Gasteiger partial charge in [-0.15, -0.1) is 10.2 Å². The van der Waals surface area contributed by atoms with Crippen molar-refractivity contribution in [3.05, 3.63) is 17.8 Å². The molecule has 2 aliphatic rings. The molecule has 1 amide bonds. The number of nitrogens with zero attached hydrogens (tertiary/aromatic N) is 4. The van der Waals surface area contributed by atoms with E-state index in [-0.39, 0.29) is 11.4 Å². The maximum atomic E-state index is 12.4. The van der Waals surface area contributed by atoms with Gasteiger partial charge >= 0.3 is 0 Å². The van der Waals surface area contributed by atoms with Crippen LogP contribution >= 0.6 is 0 Å². The fraction of sp³-hybridized carbons (Fsp3) is 0.643. The van der Waals surface area contributed by atoms with E-state index in [4.69, 9.17) is 4.74 Å². The summed E-state index contributed by atoms with van der Waals surface area (Å²) in [5.41, 5.74) is 0.0957. The van der Waals surface area contributed by atoms with Crippen LogP contribution in [0.5, 0.6) is 0 Å². The van der Waals surface area contributed by atoms with Crippen molar-refractivity contribution in [2.75, 3.05) is 31.3 Å². The zero-order chi connectivity index (χ0) is 14.2. The highest BCUT2D eigenvalue weighted by molar-refractivity contribution is 5.92. The van der Waals surface area contributed by atoms with Gasteiger partial charge in [-0.3, -0.25) is 4.79 Å². The van der Waals surface area contributed by atoms with E-state index in [1.54, 1.807) is 11.0 Å². The van der Waals surface area contributed by atoms with E-state index in [0.717, 1.165) is 18.9 Å². The number of ether oxygens (including phenoxy) is 1. The average molecular weight is 276 g/mol. The zero-order valence-corrected chi connectivity index (χ0v) is 12.0. The molecule has 0 atom stereocenters. The minimum Gasteiger partial charge on any atom is -0.359 e. The van der Waals surface area contributed by atoms with E-state index in [1.807, 2.05) is 19.9 Å². The molecule has 0 N–H and O–H groups in total. The van der Waals surface area contributed by atoms with Gasteiger partial charge in [0.1, 0.15) is 6.73 Å². The van der Waals surface area contributed by atoms with Crippen molar-refractivity contribution >= 4 is 11.7 Å². The zero-order valence-electron chi connectivity index (χ0n) is 12.0. The van der Waals surface area contributed by atoms with Crippen LogP contribution in [0, 0.1) is 0 Å². The summed E-state index contributed by atoms with van der Waals surface area (Å²) in [4.78, 5) is 16.3. The maximum Gasteiger partial charge on any atom is 0.276 e. The summed E-state index contributed by atoms with van der Waals surface area (Å²) in [7, 11) is 0. The van der Waals surface area contributed by atoms with E-state index >= 15 is 0 Å². The number of carbonyl (C=O) groups is 1. The smallest absolute Gasteiger partial charge is 0.276 e. The van der Waals surface area contributed by atoms with Crippen molar-refractivity contribution in [3.63, 3.8) is 0 Å². The standard InChI is InChI=1S/C14H20N4O2/c1-14(2)9-20-10-18(14)13(19)11-5-6-12(16-15-11)17-7-3-4-8-17/h5-6H,3-4,7-10H2,1-2H3. The average Bonchev–Trinajstić information content (AvgIpc) is 3.07. The Hall–Kier alpha value is -1.69. The monoisotopic (exact) mass is 276 g/mol. The van der Waals surface area contributed by atoms with Gasteiger partial charge in [0.2, 0.25) is 0 Å². The number of anilines is 1. The number of carbonyl (C=O) groups excluding carboxylic acids is 1. The molecule has 0 unspecified atom stereocenters. The first-order valence-electron chi connectivity index (χ1n) is 7.06. The van der Waals surface area contributed by atoms with Crippen LogP contribution in [0.1, 0.15) is 37.2 Å². The predicted molar refractivity (Wildman–Crippen MR) is 74.5 cm³/mol. The van der Waals surface area contributed by atoms with Crippen LogP contribution in [-0.4, -0.2) is 53.0 Å². The molecule has 2 saturated heterocycles. The van der Waals surface area contributed by atoms with Gasteiger partial charge in [-0.2, -0.15) is 0 Å². The first-order valence-corrected chi connectivity index (χ1v) is 7.06. The minimum atomic E-state index is -0.285. The molecule has 1 aromatic heterocycles.